The standard InChI is InChI=1S/C24H14Br2Cl3F2NO2/c25-12-6-11(7-13(26)8-12)21-22(24(21,28)29)23(34)32-14-4-5-17(27)15(9-14)20(33)10-16-18(30)2-1-3-19(16)31/h1-9,21-22H,10H2,(H,32,34). The zero-order chi connectivity index (χ0) is 24.8. The Morgan fingerprint density at radius 2 is 1.59 bits per heavy atom. The molecule has 0 saturated heterocycles. The first-order valence-corrected chi connectivity index (χ1v) is 12.6. The number of Topliss-reactive ketones (excluding diaryl/α,β-unsaturated/α-hetero) is 1. The summed E-state index contributed by atoms with van der Waals surface area (Å²) in [6.07, 6.45) is -0.523. The van der Waals surface area contributed by atoms with Gasteiger partial charge in [-0.05, 0) is 54.1 Å². The van der Waals surface area contributed by atoms with E-state index in [2.05, 4.69) is 37.2 Å². The van der Waals surface area contributed by atoms with Gasteiger partial charge in [0.25, 0.3) is 0 Å². The van der Waals surface area contributed by atoms with Gasteiger partial charge in [0, 0.05) is 38.1 Å². The summed E-state index contributed by atoms with van der Waals surface area (Å²) in [6, 6.07) is 13.2. The number of carbonyl (C=O) groups is 2. The van der Waals surface area contributed by atoms with Crippen molar-refractivity contribution in [2.45, 2.75) is 16.7 Å². The maximum atomic E-state index is 14.0. The molecule has 0 bridgehead atoms. The van der Waals surface area contributed by atoms with Gasteiger partial charge in [0.1, 0.15) is 16.0 Å². The molecule has 0 aliphatic heterocycles. The number of ketones is 1. The summed E-state index contributed by atoms with van der Waals surface area (Å²) in [5.74, 6) is -3.87. The Kier molecular flexibility index (Phi) is 7.42. The predicted octanol–water partition coefficient (Wildman–Crippen LogP) is 8.09. The van der Waals surface area contributed by atoms with Crippen molar-refractivity contribution in [1.29, 1.82) is 0 Å². The van der Waals surface area contributed by atoms with E-state index < -0.39 is 45.9 Å². The van der Waals surface area contributed by atoms with Gasteiger partial charge < -0.3 is 5.32 Å². The van der Waals surface area contributed by atoms with E-state index in [0.29, 0.717) is 0 Å². The van der Waals surface area contributed by atoms with Gasteiger partial charge in [0.15, 0.2) is 5.78 Å². The highest BCUT2D eigenvalue weighted by molar-refractivity contribution is 9.11. The van der Waals surface area contributed by atoms with E-state index in [1.807, 2.05) is 18.2 Å². The summed E-state index contributed by atoms with van der Waals surface area (Å²) in [6.45, 7) is 0. The van der Waals surface area contributed by atoms with Crippen molar-refractivity contribution in [3.8, 4) is 0 Å². The Morgan fingerprint density at radius 3 is 2.21 bits per heavy atom. The van der Waals surface area contributed by atoms with Gasteiger partial charge in [-0.2, -0.15) is 0 Å². The lowest BCUT2D eigenvalue weighted by atomic mass is 10.0. The van der Waals surface area contributed by atoms with Gasteiger partial charge in [0.05, 0.1) is 10.9 Å². The largest absolute Gasteiger partial charge is 0.326 e. The maximum Gasteiger partial charge on any atom is 0.231 e. The fraction of sp³-hybridized carbons (Fsp3) is 0.167. The molecule has 176 valence electrons. The molecule has 1 amide bonds. The topological polar surface area (TPSA) is 46.2 Å². The van der Waals surface area contributed by atoms with Crippen LogP contribution in [0.5, 0.6) is 0 Å². The Bertz CT molecular complexity index is 1280. The molecule has 3 aromatic rings. The van der Waals surface area contributed by atoms with Crippen LogP contribution in [0, 0.1) is 17.6 Å². The number of benzene rings is 3. The van der Waals surface area contributed by atoms with E-state index in [1.165, 1.54) is 24.3 Å². The van der Waals surface area contributed by atoms with Crippen molar-refractivity contribution in [3.05, 3.63) is 96.9 Å². The van der Waals surface area contributed by atoms with Gasteiger partial charge in [-0.3, -0.25) is 9.59 Å². The van der Waals surface area contributed by atoms with Crippen molar-refractivity contribution in [3.63, 3.8) is 0 Å². The monoisotopic (exact) mass is 649 g/mol. The van der Waals surface area contributed by atoms with Gasteiger partial charge in [-0.15, -0.1) is 23.2 Å². The summed E-state index contributed by atoms with van der Waals surface area (Å²) >= 11 is 25.8. The van der Waals surface area contributed by atoms with Crippen LogP contribution in [0.1, 0.15) is 27.4 Å². The Morgan fingerprint density at radius 1 is 0.971 bits per heavy atom. The van der Waals surface area contributed by atoms with E-state index in [1.54, 1.807) is 0 Å². The molecule has 4 rings (SSSR count). The zero-order valence-corrected chi connectivity index (χ0v) is 22.5. The first kappa shape index (κ1) is 25.6. The molecule has 34 heavy (non-hydrogen) atoms. The lowest BCUT2D eigenvalue weighted by molar-refractivity contribution is -0.117. The second-order valence-electron chi connectivity index (χ2n) is 7.82. The van der Waals surface area contributed by atoms with Crippen LogP contribution < -0.4 is 5.32 Å². The molecule has 1 N–H and O–H groups in total. The maximum absolute atomic E-state index is 14.0. The molecule has 1 fully saturated rings. The first-order chi connectivity index (χ1) is 16.0. The number of alkyl halides is 2. The van der Waals surface area contributed by atoms with Crippen LogP contribution in [-0.4, -0.2) is 16.0 Å². The third kappa shape index (κ3) is 5.19. The lowest BCUT2D eigenvalue weighted by Crippen LogP contribution is -2.17. The number of anilines is 1. The fourth-order valence-electron chi connectivity index (χ4n) is 3.82. The highest BCUT2D eigenvalue weighted by atomic mass is 79.9. The molecule has 1 saturated carbocycles. The quantitative estimate of drug-likeness (QED) is 0.216. The Labute approximate surface area is 226 Å². The summed E-state index contributed by atoms with van der Waals surface area (Å²) in [4.78, 5) is 25.7. The van der Waals surface area contributed by atoms with E-state index in [4.69, 9.17) is 34.8 Å². The van der Waals surface area contributed by atoms with Crippen LogP contribution in [0.3, 0.4) is 0 Å². The molecular formula is C24H14Br2Cl3F2NO2. The second kappa shape index (κ2) is 9.86. The van der Waals surface area contributed by atoms with Crippen LogP contribution >= 0.6 is 66.7 Å². The average Bonchev–Trinajstić information content (AvgIpc) is 3.33. The van der Waals surface area contributed by atoms with E-state index in [-0.39, 0.29) is 21.8 Å². The molecular weight excluding hydrogens is 638 g/mol. The van der Waals surface area contributed by atoms with Crippen LogP contribution in [0.15, 0.2) is 63.5 Å². The Balaban J connectivity index is 1.53. The molecule has 0 aromatic heterocycles. The van der Waals surface area contributed by atoms with E-state index in [0.717, 1.165) is 26.6 Å². The van der Waals surface area contributed by atoms with Gasteiger partial charge in [0.2, 0.25) is 5.91 Å². The van der Waals surface area contributed by atoms with Crippen LogP contribution in [0.2, 0.25) is 5.02 Å². The van der Waals surface area contributed by atoms with Crippen molar-refractivity contribution in [2.24, 2.45) is 5.92 Å². The van der Waals surface area contributed by atoms with Crippen molar-refractivity contribution < 1.29 is 18.4 Å². The molecule has 3 nitrogen and oxygen atoms in total. The number of hydrogen-bond acceptors (Lipinski definition) is 2. The molecule has 0 radical (unpaired) electrons. The third-order valence-corrected chi connectivity index (χ3v) is 7.70. The summed E-state index contributed by atoms with van der Waals surface area (Å²) < 4.78 is 28.2. The van der Waals surface area contributed by atoms with Crippen LogP contribution in [0.25, 0.3) is 0 Å². The number of carbonyl (C=O) groups excluding carboxylic acids is 2. The summed E-state index contributed by atoms with van der Waals surface area (Å²) in [7, 11) is 0. The minimum Gasteiger partial charge on any atom is -0.326 e. The molecule has 1 aliphatic carbocycles. The highest BCUT2D eigenvalue weighted by Gasteiger charge is 2.67. The van der Waals surface area contributed by atoms with Crippen LogP contribution in [0.4, 0.5) is 14.5 Å². The van der Waals surface area contributed by atoms with E-state index in [9.17, 15) is 18.4 Å². The highest BCUT2D eigenvalue weighted by Crippen LogP contribution is 2.65. The summed E-state index contributed by atoms with van der Waals surface area (Å²) in [5.41, 5.74) is 0.726. The number of amides is 1. The molecule has 0 heterocycles. The lowest BCUT2D eigenvalue weighted by Gasteiger charge is -2.10. The van der Waals surface area contributed by atoms with Crippen molar-refractivity contribution >= 4 is 84.0 Å². The molecule has 3 aromatic carbocycles. The number of nitrogens with one attached hydrogen (secondary N) is 1. The molecule has 2 atom stereocenters. The molecule has 10 heteroatoms. The average molecular weight is 653 g/mol. The smallest absolute Gasteiger partial charge is 0.231 e. The number of rotatable bonds is 6. The fourth-order valence-corrected chi connectivity index (χ4v) is 6.20. The van der Waals surface area contributed by atoms with Gasteiger partial charge >= 0.3 is 0 Å². The number of hydrogen-bond donors (Lipinski definition) is 1. The predicted molar refractivity (Wildman–Crippen MR) is 137 cm³/mol. The minimum atomic E-state index is -1.31. The second-order valence-corrected chi connectivity index (χ2v) is 11.5. The first-order valence-electron chi connectivity index (χ1n) is 9.89. The van der Waals surface area contributed by atoms with Gasteiger partial charge in [-0.1, -0.05) is 49.5 Å². The van der Waals surface area contributed by atoms with Gasteiger partial charge in [-0.25, -0.2) is 8.78 Å². The molecule has 1 aliphatic rings. The zero-order valence-electron chi connectivity index (χ0n) is 17.0. The molecule has 0 spiro atoms. The van der Waals surface area contributed by atoms with Crippen molar-refractivity contribution in [2.75, 3.05) is 5.32 Å². The normalized spacial score (nSPS) is 18.4. The van der Waals surface area contributed by atoms with Crippen LogP contribution in [-0.2, 0) is 11.2 Å². The SMILES string of the molecule is O=C(Cc1c(F)cccc1F)c1cc(NC(=O)C2C(c3cc(Br)cc(Br)c3)C2(Cl)Cl)ccc1Cl. The number of halogens is 7. The summed E-state index contributed by atoms with van der Waals surface area (Å²) in [5, 5.41) is 2.80. The van der Waals surface area contributed by atoms with E-state index >= 15 is 0 Å². The Hall–Kier alpha value is -1.51. The van der Waals surface area contributed by atoms with Crippen molar-refractivity contribution in [1.82, 2.24) is 0 Å². The molecule has 2 unspecified atom stereocenters. The third-order valence-electron chi connectivity index (χ3n) is 5.51. The minimum absolute atomic E-state index is 0.0217.